The minimum absolute atomic E-state index is 0.342. The van der Waals surface area contributed by atoms with E-state index in [4.69, 9.17) is 9.81 Å². The molecule has 164 valence electrons. The van der Waals surface area contributed by atoms with Crippen LogP contribution in [0.4, 0.5) is 0 Å². The van der Waals surface area contributed by atoms with Crippen LogP contribution in [0.2, 0.25) is 0 Å². The standard InChI is InChI=1S/C18H36O3.CH4O4S/c1-2-3-4-5-6-7-8-9-10-11-12-13-14-15-16-17-18(19)21-20;1-5-6(2,3)4/h20H,2-17H2,1H3;1H3,(H,2,3,4). The Morgan fingerprint density at radius 3 is 1.30 bits per heavy atom. The smallest absolute Gasteiger partial charge is 0.301 e. The summed E-state index contributed by atoms with van der Waals surface area (Å²) in [5.41, 5.74) is 0. The minimum Gasteiger partial charge on any atom is -0.301 e. The molecular formula is C19H40O7S. The van der Waals surface area contributed by atoms with Crippen LogP contribution in [0.5, 0.6) is 0 Å². The number of unbranched alkanes of at least 4 members (excludes halogenated alkanes) is 14. The molecule has 0 aliphatic carbocycles. The van der Waals surface area contributed by atoms with Gasteiger partial charge in [0, 0.05) is 6.42 Å². The second-order valence-corrected chi connectivity index (χ2v) is 7.95. The Labute approximate surface area is 165 Å². The van der Waals surface area contributed by atoms with Gasteiger partial charge in [-0.2, -0.15) is 13.7 Å². The number of hydrogen-bond donors (Lipinski definition) is 2. The van der Waals surface area contributed by atoms with Gasteiger partial charge in [-0.05, 0) is 6.42 Å². The number of carbonyl (C=O) groups excluding carboxylic acids is 1. The summed E-state index contributed by atoms with van der Waals surface area (Å²) in [7, 11) is -3.29. The third kappa shape index (κ3) is 30.3. The van der Waals surface area contributed by atoms with E-state index >= 15 is 0 Å². The van der Waals surface area contributed by atoms with Gasteiger partial charge in [0.1, 0.15) is 0 Å². The molecule has 0 atom stereocenters. The second-order valence-electron chi connectivity index (χ2n) is 6.76. The summed E-state index contributed by atoms with van der Waals surface area (Å²) in [5.74, 6) is -0.510. The van der Waals surface area contributed by atoms with Crippen molar-refractivity contribution in [2.24, 2.45) is 0 Å². The van der Waals surface area contributed by atoms with Crippen LogP contribution in [-0.4, -0.2) is 31.3 Å². The van der Waals surface area contributed by atoms with E-state index in [1.807, 2.05) is 0 Å². The van der Waals surface area contributed by atoms with Crippen LogP contribution >= 0.6 is 0 Å². The van der Waals surface area contributed by atoms with Gasteiger partial charge < -0.3 is 4.89 Å². The van der Waals surface area contributed by atoms with Crippen molar-refractivity contribution in [1.82, 2.24) is 0 Å². The molecule has 0 radical (unpaired) electrons. The van der Waals surface area contributed by atoms with Gasteiger partial charge in [0.25, 0.3) is 0 Å². The first-order valence-corrected chi connectivity index (χ1v) is 11.6. The van der Waals surface area contributed by atoms with Crippen LogP contribution in [-0.2, 0) is 24.3 Å². The summed E-state index contributed by atoms with van der Waals surface area (Å²) < 4.78 is 29.7. The molecule has 0 aliphatic heterocycles. The first kappa shape index (κ1) is 28.5. The Hall–Kier alpha value is -0.700. The van der Waals surface area contributed by atoms with E-state index in [1.165, 1.54) is 83.5 Å². The Morgan fingerprint density at radius 2 is 1.04 bits per heavy atom. The van der Waals surface area contributed by atoms with Gasteiger partial charge in [0.15, 0.2) is 0 Å². The molecule has 7 nitrogen and oxygen atoms in total. The van der Waals surface area contributed by atoms with Crippen molar-refractivity contribution in [3.8, 4) is 0 Å². The van der Waals surface area contributed by atoms with E-state index in [1.54, 1.807) is 0 Å². The lowest BCUT2D eigenvalue weighted by Gasteiger charge is -2.03. The molecule has 0 bridgehead atoms. The molecule has 0 fully saturated rings. The Kier molecular flexibility index (Phi) is 22.8. The Morgan fingerprint density at radius 1 is 0.741 bits per heavy atom. The largest absolute Gasteiger partial charge is 0.397 e. The Bertz CT molecular complexity index is 410. The fourth-order valence-electron chi connectivity index (χ4n) is 2.69. The molecular weight excluding hydrogens is 372 g/mol. The molecule has 0 aromatic carbocycles. The highest BCUT2D eigenvalue weighted by Crippen LogP contribution is 2.13. The monoisotopic (exact) mass is 412 g/mol. The van der Waals surface area contributed by atoms with Crippen LogP contribution in [0, 0.1) is 0 Å². The summed E-state index contributed by atoms with van der Waals surface area (Å²) in [5, 5.41) is 8.10. The minimum atomic E-state index is -4.16. The zero-order chi connectivity index (χ0) is 20.8. The topological polar surface area (TPSA) is 110 Å². The molecule has 0 heterocycles. The first-order chi connectivity index (χ1) is 12.9. The Balaban J connectivity index is 0. The molecule has 27 heavy (non-hydrogen) atoms. The molecule has 0 rings (SSSR count). The van der Waals surface area contributed by atoms with Gasteiger partial charge in [-0.15, -0.1) is 0 Å². The lowest BCUT2D eigenvalue weighted by molar-refractivity contribution is -0.234. The van der Waals surface area contributed by atoms with Crippen molar-refractivity contribution in [3.63, 3.8) is 0 Å². The van der Waals surface area contributed by atoms with Crippen molar-refractivity contribution in [1.29, 1.82) is 0 Å². The van der Waals surface area contributed by atoms with E-state index in [2.05, 4.69) is 16.0 Å². The third-order valence-corrected chi connectivity index (χ3v) is 4.72. The summed E-state index contributed by atoms with van der Waals surface area (Å²) in [6.45, 7) is 2.27. The van der Waals surface area contributed by atoms with Gasteiger partial charge in [-0.25, -0.2) is 4.79 Å². The van der Waals surface area contributed by atoms with Crippen molar-refractivity contribution < 1.29 is 32.1 Å². The van der Waals surface area contributed by atoms with Crippen molar-refractivity contribution in [2.75, 3.05) is 7.11 Å². The average Bonchev–Trinajstić information content (AvgIpc) is 2.64. The van der Waals surface area contributed by atoms with E-state index < -0.39 is 16.4 Å². The zero-order valence-corrected chi connectivity index (χ0v) is 18.0. The molecule has 0 spiro atoms. The van der Waals surface area contributed by atoms with Crippen molar-refractivity contribution >= 4 is 16.4 Å². The maximum absolute atomic E-state index is 10.7. The summed E-state index contributed by atoms with van der Waals surface area (Å²) in [6.07, 6.45) is 20.0. The number of carbonyl (C=O) groups is 1. The molecule has 0 aromatic rings. The molecule has 8 heteroatoms. The summed E-state index contributed by atoms with van der Waals surface area (Å²) in [4.78, 5) is 14.3. The molecule has 0 saturated heterocycles. The highest BCUT2D eigenvalue weighted by molar-refractivity contribution is 7.80. The molecule has 0 amide bonds. The van der Waals surface area contributed by atoms with E-state index in [0.717, 1.165) is 20.0 Å². The summed E-state index contributed by atoms with van der Waals surface area (Å²) >= 11 is 0. The highest BCUT2D eigenvalue weighted by Gasteiger charge is 2.00. The summed E-state index contributed by atoms with van der Waals surface area (Å²) in [6, 6.07) is 0. The van der Waals surface area contributed by atoms with Crippen LogP contribution in [0.1, 0.15) is 110 Å². The van der Waals surface area contributed by atoms with E-state index in [0.29, 0.717) is 6.42 Å². The fourth-order valence-corrected chi connectivity index (χ4v) is 2.69. The van der Waals surface area contributed by atoms with Crippen molar-refractivity contribution in [2.45, 2.75) is 110 Å². The third-order valence-electron chi connectivity index (χ3n) is 4.30. The van der Waals surface area contributed by atoms with Crippen molar-refractivity contribution in [3.05, 3.63) is 0 Å². The van der Waals surface area contributed by atoms with Crippen LogP contribution in [0.3, 0.4) is 0 Å². The van der Waals surface area contributed by atoms with Gasteiger partial charge in [-0.1, -0.05) is 96.8 Å². The molecule has 0 aliphatic rings. The maximum Gasteiger partial charge on any atom is 0.397 e. The van der Waals surface area contributed by atoms with Gasteiger partial charge in [-0.3, -0.25) is 8.74 Å². The second kappa shape index (κ2) is 21.6. The zero-order valence-electron chi connectivity index (χ0n) is 17.2. The van der Waals surface area contributed by atoms with E-state index in [-0.39, 0.29) is 0 Å². The predicted molar refractivity (Wildman–Crippen MR) is 107 cm³/mol. The molecule has 0 aromatic heterocycles. The van der Waals surface area contributed by atoms with Gasteiger partial charge >= 0.3 is 16.4 Å². The predicted octanol–water partition coefficient (Wildman–Crippen LogP) is 5.70. The number of rotatable bonds is 17. The van der Waals surface area contributed by atoms with E-state index in [9.17, 15) is 13.2 Å². The van der Waals surface area contributed by atoms with Crippen LogP contribution in [0.15, 0.2) is 0 Å². The average molecular weight is 413 g/mol. The fraction of sp³-hybridized carbons (Fsp3) is 0.947. The lowest BCUT2D eigenvalue weighted by Crippen LogP contribution is -1.99. The number of hydrogen-bond acceptors (Lipinski definition) is 6. The maximum atomic E-state index is 10.7. The molecule has 2 N–H and O–H groups in total. The molecule has 0 saturated carbocycles. The highest BCUT2D eigenvalue weighted by atomic mass is 32.3. The van der Waals surface area contributed by atoms with Crippen LogP contribution < -0.4 is 0 Å². The normalized spacial score (nSPS) is 11.0. The SMILES string of the molecule is CCCCCCCCCCCCCCCCCC(=O)OO.COS(=O)(=O)O. The van der Waals surface area contributed by atoms with Gasteiger partial charge in [0.05, 0.1) is 7.11 Å². The van der Waals surface area contributed by atoms with Gasteiger partial charge in [0.2, 0.25) is 0 Å². The molecule has 0 unspecified atom stereocenters. The first-order valence-electron chi connectivity index (χ1n) is 10.2. The quantitative estimate of drug-likeness (QED) is 0.136. The lowest BCUT2D eigenvalue weighted by atomic mass is 10.0. The van der Waals surface area contributed by atoms with Crippen LogP contribution in [0.25, 0.3) is 0 Å².